The van der Waals surface area contributed by atoms with Crippen molar-refractivity contribution in [2.24, 2.45) is 11.7 Å². The number of amides is 3. The number of carboxylic acid groups (broad SMARTS) is 3. The molecule has 0 saturated heterocycles. The topological polar surface area (TPSA) is 225 Å². The van der Waals surface area contributed by atoms with E-state index in [1.807, 2.05) is 5.32 Å². The Hall–Kier alpha value is -3.22. The minimum atomic E-state index is -1.66. The van der Waals surface area contributed by atoms with E-state index in [9.17, 15) is 28.8 Å². The van der Waals surface area contributed by atoms with E-state index >= 15 is 0 Å². The fourth-order valence-corrected chi connectivity index (χ4v) is 2.43. The van der Waals surface area contributed by atoms with Crippen molar-refractivity contribution in [2.45, 2.75) is 70.6 Å². The lowest BCUT2D eigenvalue weighted by molar-refractivity contribution is -0.144. The first kappa shape index (κ1) is 27.8. The second kappa shape index (κ2) is 13.2. The van der Waals surface area contributed by atoms with Gasteiger partial charge >= 0.3 is 17.9 Å². The van der Waals surface area contributed by atoms with Crippen LogP contribution in [-0.4, -0.2) is 75.1 Å². The van der Waals surface area contributed by atoms with E-state index in [-0.39, 0.29) is 0 Å². The lowest BCUT2D eigenvalue weighted by atomic mass is 9.97. The van der Waals surface area contributed by atoms with Crippen LogP contribution in [0, 0.1) is 5.92 Å². The highest BCUT2D eigenvalue weighted by atomic mass is 16.4. The first-order chi connectivity index (χ1) is 14.3. The maximum Gasteiger partial charge on any atom is 0.326 e. The van der Waals surface area contributed by atoms with Crippen LogP contribution >= 0.6 is 0 Å². The largest absolute Gasteiger partial charge is 0.481 e. The first-order valence-electron chi connectivity index (χ1n) is 9.63. The van der Waals surface area contributed by atoms with Gasteiger partial charge in [-0.2, -0.15) is 0 Å². The fraction of sp³-hybridized carbons (Fsp3) is 0.667. The van der Waals surface area contributed by atoms with Gasteiger partial charge in [-0.05, 0) is 19.3 Å². The maximum absolute atomic E-state index is 12.7. The minimum absolute atomic E-state index is 0.390. The molecule has 0 aromatic rings. The van der Waals surface area contributed by atoms with Crippen molar-refractivity contribution in [2.75, 3.05) is 0 Å². The quantitative estimate of drug-likeness (QED) is 0.159. The predicted molar refractivity (Wildman–Crippen MR) is 106 cm³/mol. The second-order valence-corrected chi connectivity index (χ2v) is 7.15. The molecule has 0 aliphatic rings. The molecule has 5 unspecified atom stereocenters. The number of carbonyl (C=O) groups is 6. The molecule has 3 amide bonds. The summed E-state index contributed by atoms with van der Waals surface area (Å²) in [5.74, 6) is -7.22. The highest BCUT2D eigenvalue weighted by molar-refractivity contribution is 5.95. The lowest BCUT2D eigenvalue weighted by Gasteiger charge is -2.27. The fourth-order valence-electron chi connectivity index (χ4n) is 2.43. The molecule has 0 heterocycles. The molecule has 8 N–H and O–H groups in total. The zero-order valence-corrected chi connectivity index (χ0v) is 17.6. The van der Waals surface area contributed by atoms with Crippen molar-refractivity contribution >= 4 is 35.6 Å². The first-order valence-corrected chi connectivity index (χ1v) is 9.63. The van der Waals surface area contributed by atoms with E-state index in [0.29, 0.717) is 6.42 Å². The van der Waals surface area contributed by atoms with E-state index < -0.39 is 85.0 Å². The summed E-state index contributed by atoms with van der Waals surface area (Å²) in [4.78, 5) is 70.1. The smallest absolute Gasteiger partial charge is 0.326 e. The zero-order chi connectivity index (χ0) is 24.3. The van der Waals surface area contributed by atoms with E-state index in [2.05, 4.69) is 10.6 Å². The van der Waals surface area contributed by atoms with Crippen LogP contribution in [-0.2, 0) is 28.8 Å². The molecule has 0 spiro atoms. The van der Waals surface area contributed by atoms with Gasteiger partial charge in [-0.3, -0.25) is 24.0 Å². The zero-order valence-electron chi connectivity index (χ0n) is 17.6. The van der Waals surface area contributed by atoms with Gasteiger partial charge in [0.05, 0.1) is 12.5 Å². The Morgan fingerprint density at radius 2 is 1.35 bits per heavy atom. The van der Waals surface area contributed by atoms with Gasteiger partial charge in [0.25, 0.3) is 0 Å². The summed E-state index contributed by atoms with van der Waals surface area (Å²) in [6, 6.07) is -5.28. The Labute approximate surface area is 178 Å². The van der Waals surface area contributed by atoms with Crippen molar-refractivity contribution < 1.29 is 44.1 Å². The van der Waals surface area contributed by atoms with Crippen LogP contribution < -0.4 is 21.7 Å². The Kier molecular flexibility index (Phi) is 11.8. The van der Waals surface area contributed by atoms with Crippen LogP contribution in [0.15, 0.2) is 0 Å². The normalized spacial score (nSPS) is 15.5. The third kappa shape index (κ3) is 10.4. The molecule has 0 aromatic heterocycles. The van der Waals surface area contributed by atoms with Gasteiger partial charge in [-0.1, -0.05) is 20.3 Å². The molecule has 5 atom stereocenters. The third-order valence-corrected chi connectivity index (χ3v) is 4.48. The van der Waals surface area contributed by atoms with Crippen LogP contribution in [0.1, 0.15) is 46.5 Å². The average molecular weight is 446 g/mol. The number of aliphatic carboxylic acids is 3. The van der Waals surface area contributed by atoms with E-state index in [1.54, 1.807) is 13.8 Å². The molecule has 13 heteroatoms. The SMILES string of the molecule is CCC(C)C(NC(=O)C(C)N)C(=O)NC(CC(=O)O)C(=O)NC(CCC(=O)O)C(=O)O. The summed E-state index contributed by atoms with van der Waals surface area (Å²) in [6.45, 7) is 4.82. The molecule has 0 rings (SSSR count). The van der Waals surface area contributed by atoms with Gasteiger partial charge < -0.3 is 37.0 Å². The van der Waals surface area contributed by atoms with Crippen LogP contribution in [0.2, 0.25) is 0 Å². The molecular formula is C18H30N4O9. The predicted octanol–water partition coefficient (Wildman–Crippen LogP) is -1.74. The number of nitrogens with one attached hydrogen (secondary N) is 3. The van der Waals surface area contributed by atoms with Crippen molar-refractivity contribution in [3.63, 3.8) is 0 Å². The molecule has 31 heavy (non-hydrogen) atoms. The third-order valence-electron chi connectivity index (χ3n) is 4.48. The van der Waals surface area contributed by atoms with Gasteiger partial charge in [-0.25, -0.2) is 4.79 Å². The standard InChI is InChI=1S/C18H30N4O9/c1-4-8(2)14(22-15(27)9(3)19)17(29)21-11(7-13(25)26)16(28)20-10(18(30)31)5-6-12(23)24/h8-11,14H,4-7,19H2,1-3H3,(H,20,28)(H,21,29)(H,22,27)(H,23,24)(H,25,26)(H,30,31). The Morgan fingerprint density at radius 3 is 1.77 bits per heavy atom. The summed E-state index contributed by atoms with van der Waals surface area (Å²) in [6.07, 6.45) is -1.39. The maximum atomic E-state index is 12.7. The van der Waals surface area contributed by atoms with Crippen LogP contribution in [0.4, 0.5) is 0 Å². The van der Waals surface area contributed by atoms with E-state index in [4.69, 9.17) is 21.1 Å². The number of rotatable bonds is 14. The number of hydrogen-bond acceptors (Lipinski definition) is 7. The number of carbonyl (C=O) groups excluding carboxylic acids is 3. The second-order valence-electron chi connectivity index (χ2n) is 7.15. The minimum Gasteiger partial charge on any atom is -0.481 e. The summed E-state index contributed by atoms with van der Waals surface area (Å²) >= 11 is 0. The van der Waals surface area contributed by atoms with Gasteiger partial charge in [0.15, 0.2) is 0 Å². The van der Waals surface area contributed by atoms with Gasteiger partial charge in [0.2, 0.25) is 17.7 Å². The molecule has 0 fully saturated rings. The molecule has 176 valence electrons. The molecule has 0 bridgehead atoms. The van der Waals surface area contributed by atoms with Crippen molar-refractivity contribution in [1.29, 1.82) is 0 Å². The van der Waals surface area contributed by atoms with Gasteiger partial charge in [-0.15, -0.1) is 0 Å². The molecule has 0 aromatic carbocycles. The van der Waals surface area contributed by atoms with Crippen molar-refractivity contribution in [3.8, 4) is 0 Å². The lowest BCUT2D eigenvalue weighted by Crippen LogP contribution is -2.58. The molecule has 0 aliphatic heterocycles. The molecular weight excluding hydrogens is 416 g/mol. The molecule has 0 saturated carbocycles. The van der Waals surface area contributed by atoms with Crippen LogP contribution in [0.3, 0.4) is 0 Å². The van der Waals surface area contributed by atoms with Crippen LogP contribution in [0.5, 0.6) is 0 Å². The van der Waals surface area contributed by atoms with Gasteiger partial charge in [0.1, 0.15) is 18.1 Å². The number of nitrogens with two attached hydrogens (primary N) is 1. The van der Waals surface area contributed by atoms with Gasteiger partial charge in [0, 0.05) is 6.42 Å². The molecule has 0 radical (unpaired) electrons. The Morgan fingerprint density at radius 1 is 0.806 bits per heavy atom. The Bertz CT molecular complexity index is 696. The Balaban J connectivity index is 5.50. The van der Waals surface area contributed by atoms with Crippen molar-refractivity contribution in [3.05, 3.63) is 0 Å². The average Bonchev–Trinajstić information content (AvgIpc) is 2.66. The molecule has 13 nitrogen and oxygen atoms in total. The number of hydrogen-bond donors (Lipinski definition) is 7. The van der Waals surface area contributed by atoms with Crippen LogP contribution in [0.25, 0.3) is 0 Å². The summed E-state index contributed by atoms with van der Waals surface area (Å²) < 4.78 is 0. The summed E-state index contributed by atoms with van der Waals surface area (Å²) in [5, 5.41) is 33.6. The highest BCUT2D eigenvalue weighted by Crippen LogP contribution is 2.10. The van der Waals surface area contributed by atoms with E-state index in [0.717, 1.165) is 0 Å². The summed E-state index contributed by atoms with van der Waals surface area (Å²) in [7, 11) is 0. The van der Waals surface area contributed by atoms with Crippen molar-refractivity contribution in [1.82, 2.24) is 16.0 Å². The molecule has 0 aliphatic carbocycles. The van der Waals surface area contributed by atoms with E-state index in [1.165, 1.54) is 6.92 Å². The highest BCUT2D eigenvalue weighted by Gasteiger charge is 2.33. The number of carboxylic acids is 3. The monoisotopic (exact) mass is 446 g/mol. The summed E-state index contributed by atoms with van der Waals surface area (Å²) in [5.41, 5.74) is 5.49.